The maximum Gasteiger partial charge on any atom is 0.0661 e. The van der Waals surface area contributed by atoms with Crippen LogP contribution in [0, 0.1) is 50.2 Å². The second kappa shape index (κ2) is 7.10. The van der Waals surface area contributed by atoms with Crippen molar-refractivity contribution >= 4 is 0 Å². The first-order valence-electron chi connectivity index (χ1n) is 13.9. The van der Waals surface area contributed by atoms with Crippen LogP contribution >= 0.6 is 0 Å². The van der Waals surface area contributed by atoms with Crippen LogP contribution in [0.2, 0.25) is 0 Å². The standard InChI is InChI=1S/C30H50O3/c1-25(2)14-15-26(3)16-17-29(6)19(23(26)24(25)33)8-9-21-27(4)12-11-22(32)28(5,18-31)20(27)10-13-30(21,29)7/h8,20-24,31-33H,9-18H2,1-7H3/t20-,21-,22+,23+,24-,26-,27+,28-,29-,30-/m1/s1. The van der Waals surface area contributed by atoms with Crippen molar-refractivity contribution in [3.8, 4) is 0 Å². The topological polar surface area (TPSA) is 60.7 Å². The predicted octanol–water partition coefficient (Wildman–Crippen LogP) is 6.11. The summed E-state index contributed by atoms with van der Waals surface area (Å²) >= 11 is 0. The van der Waals surface area contributed by atoms with Crippen LogP contribution in [0.1, 0.15) is 106 Å². The fourth-order valence-electron chi connectivity index (χ4n) is 10.6. The van der Waals surface area contributed by atoms with Gasteiger partial charge in [0.25, 0.3) is 0 Å². The van der Waals surface area contributed by atoms with E-state index in [2.05, 4.69) is 54.5 Å². The van der Waals surface area contributed by atoms with E-state index in [1.165, 1.54) is 19.3 Å². The van der Waals surface area contributed by atoms with E-state index in [9.17, 15) is 15.3 Å². The molecule has 10 atom stereocenters. The van der Waals surface area contributed by atoms with Gasteiger partial charge in [-0.3, -0.25) is 0 Å². The van der Waals surface area contributed by atoms with Crippen LogP contribution in [0.25, 0.3) is 0 Å². The summed E-state index contributed by atoms with van der Waals surface area (Å²) in [5.74, 6) is 1.21. The molecule has 5 aliphatic rings. The van der Waals surface area contributed by atoms with Gasteiger partial charge in [-0.1, -0.05) is 60.1 Å². The van der Waals surface area contributed by atoms with Crippen molar-refractivity contribution in [1.82, 2.24) is 0 Å². The lowest BCUT2D eigenvalue weighted by Crippen LogP contribution is -2.66. The van der Waals surface area contributed by atoms with E-state index in [-0.39, 0.29) is 45.7 Å². The van der Waals surface area contributed by atoms with Gasteiger partial charge in [-0.25, -0.2) is 0 Å². The molecule has 3 nitrogen and oxygen atoms in total. The van der Waals surface area contributed by atoms with E-state index in [4.69, 9.17) is 0 Å². The Hall–Kier alpha value is -0.380. The number of hydrogen-bond acceptors (Lipinski definition) is 3. The van der Waals surface area contributed by atoms with E-state index in [1.807, 2.05) is 0 Å². The molecule has 0 heterocycles. The van der Waals surface area contributed by atoms with Crippen molar-refractivity contribution in [1.29, 1.82) is 0 Å². The van der Waals surface area contributed by atoms with Crippen molar-refractivity contribution in [2.24, 2.45) is 50.2 Å². The lowest BCUT2D eigenvalue weighted by Gasteiger charge is -2.71. The van der Waals surface area contributed by atoms with Crippen molar-refractivity contribution in [3.63, 3.8) is 0 Å². The van der Waals surface area contributed by atoms with Gasteiger partial charge in [0, 0.05) is 11.3 Å². The van der Waals surface area contributed by atoms with Crippen molar-refractivity contribution in [2.75, 3.05) is 6.61 Å². The highest BCUT2D eigenvalue weighted by molar-refractivity contribution is 5.34. The Bertz CT molecular complexity index is 847. The second-order valence-corrected chi connectivity index (χ2v) is 15.1. The summed E-state index contributed by atoms with van der Waals surface area (Å²) in [6.07, 6.45) is 11.9. The number of allylic oxidation sites excluding steroid dienone is 1. The van der Waals surface area contributed by atoms with Crippen LogP contribution in [0.5, 0.6) is 0 Å². The minimum Gasteiger partial charge on any atom is -0.396 e. The Labute approximate surface area is 202 Å². The van der Waals surface area contributed by atoms with E-state index in [0.29, 0.717) is 11.8 Å². The fraction of sp³-hybridized carbons (Fsp3) is 0.933. The summed E-state index contributed by atoms with van der Waals surface area (Å²) in [5, 5.41) is 33.0. The van der Waals surface area contributed by atoms with Gasteiger partial charge in [0.2, 0.25) is 0 Å². The first kappa shape index (κ1) is 24.3. The van der Waals surface area contributed by atoms with Gasteiger partial charge >= 0.3 is 0 Å². The monoisotopic (exact) mass is 458 g/mol. The highest BCUT2D eigenvalue weighted by Crippen LogP contribution is 2.75. The molecule has 33 heavy (non-hydrogen) atoms. The Morgan fingerprint density at radius 2 is 1.48 bits per heavy atom. The van der Waals surface area contributed by atoms with Crippen molar-refractivity contribution in [3.05, 3.63) is 11.6 Å². The third-order valence-electron chi connectivity index (χ3n) is 13.4. The molecule has 0 radical (unpaired) electrons. The zero-order valence-electron chi connectivity index (χ0n) is 22.4. The normalized spacial score (nSPS) is 57.8. The number of aliphatic hydroxyl groups excluding tert-OH is 3. The maximum atomic E-state index is 11.7. The van der Waals surface area contributed by atoms with Crippen LogP contribution in [-0.4, -0.2) is 34.1 Å². The van der Waals surface area contributed by atoms with Crippen molar-refractivity contribution in [2.45, 2.75) is 118 Å². The summed E-state index contributed by atoms with van der Waals surface area (Å²) in [6, 6.07) is 0. The number of rotatable bonds is 1. The van der Waals surface area contributed by atoms with E-state index in [1.54, 1.807) is 5.57 Å². The molecule has 5 aliphatic carbocycles. The molecule has 3 N–H and O–H groups in total. The smallest absolute Gasteiger partial charge is 0.0661 e. The number of hydrogen-bond donors (Lipinski definition) is 3. The summed E-state index contributed by atoms with van der Waals surface area (Å²) in [4.78, 5) is 0. The number of aliphatic hydroxyl groups is 3. The Kier molecular flexibility index (Phi) is 5.23. The van der Waals surface area contributed by atoms with Crippen molar-refractivity contribution < 1.29 is 15.3 Å². The summed E-state index contributed by atoms with van der Waals surface area (Å²) in [7, 11) is 0. The molecule has 4 saturated carbocycles. The third kappa shape index (κ3) is 2.85. The molecule has 0 aliphatic heterocycles. The molecule has 0 bridgehead atoms. The SMILES string of the molecule is CC1(C)CC[C@]2(C)CC[C@]3(C)C(=CC[C@@H]4[C@@]5(C)CC[C@H](O)[C@](C)(CO)[C@@H]5CC[C@]43C)[C@H]2[C@H]1O. The molecule has 4 fully saturated rings. The Morgan fingerprint density at radius 3 is 2.15 bits per heavy atom. The molecule has 0 amide bonds. The fourth-order valence-corrected chi connectivity index (χ4v) is 10.6. The van der Waals surface area contributed by atoms with Crippen LogP contribution < -0.4 is 0 Å². The first-order chi connectivity index (χ1) is 15.2. The van der Waals surface area contributed by atoms with Gasteiger partial charge < -0.3 is 15.3 Å². The third-order valence-corrected chi connectivity index (χ3v) is 13.4. The van der Waals surface area contributed by atoms with Crippen LogP contribution in [0.3, 0.4) is 0 Å². The molecule has 0 saturated heterocycles. The molecule has 3 heteroatoms. The van der Waals surface area contributed by atoms with Crippen LogP contribution in [0.15, 0.2) is 11.6 Å². The molecular formula is C30H50O3. The molecule has 5 rings (SSSR count). The van der Waals surface area contributed by atoms with Crippen LogP contribution in [-0.2, 0) is 0 Å². The zero-order valence-corrected chi connectivity index (χ0v) is 22.4. The summed E-state index contributed by atoms with van der Waals surface area (Å²) in [6.45, 7) is 16.8. The maximum absolute atomic E-state index is 11.7. The molecule has 0 spiro atoms. The largest absolute Gasteiger partial charge is 0.396 e. The van der Waals surface area contributed by atoms with Gasteiger partial charge in [0.05, 0.1) is 18.8 Å². The minimum atomic E-state index is -0.398. The highest BCUT2D eigenvalue weighted by atomic mass is 16.3. The zero-order chi connectivity index (χ0) is 24.2. The predicted molar refractivity (Wildman–Crippen MR) is 134 cm³/mol. The van der Waals surface area contributed by atoms with Gasteiger partial charge in [-0.15, -0.1) is 0 Å². The minimum absolute atomic E-state index is 0.0207. The average molecular weight is 459 g/mol. The number of fused-ring (bicyclic) bond motifs is 7. The highest BCUT2D eigenvalue weighted by Gasteiger charge is 2.69. The molecule has 0 aromatic carbocycles. The molecular weight excluding hydrogens is 408 g/mol. The molecule has 0 unspecified atom stereocenters. The Morgan fingerprint density at radius 1 is 0.818 bits per heavy atom. The van der Waals surface area contributed by atoms with Gasteiger partial charge in [0.1, 0.15) is 0 Å². The lowest BCUT2D eigenvalue weighted by atomic mass is 9.33. The second-order valence-electron chi connectivity index (χ2n) is 15.1. The van der Waals surface area contributed by atoms with Gasteiger partial charge in [0.15, 0.2) is 0 Å². The van der Waals surface area contributed by atoms with E-state index < -0.39 is 11.5 Å². The molecule has 0 aromatic rings. The van der Waals surface area contributed by atoms with E-state index >= 15 is 0 Å². The Balaban J connectivity index is 1.59. The van der Waals surface area contributed by atoms with Gasteiger partial charge in [-0.05, 0) is 96.7 Å². The molecule has 188 valence electrons. The quantitative estimate of drug-likeness (QED) is 0.415. The summed E-state index contributed by atoms with van der Waals surface area (Å²) in [5.41, 5.74) is 1.84. The van der Waals surface area contributed by atoms with Gasteiger partial charge in [-0.2, -0.15) is 0 Å². The average Bonchev–Trinajstić information content (AvgIpc) is 2.75. The lowest BCUT2D eigenvalue weighted by molar-refractivity contribution is -0.218. The van der Waals surface area contributed by atoms with E-state index in [0.717, 1.165) is 38.5 Å². The summed E-state index contributed by atoms with van der Waals surface area (Å²) < 4.78 is 0. The van der Waals surface area contributed by atoms with Crippen LogP contribution in [0.4, 0.5) is 0 Å². The first-order valence-corrected chi connectivity index (χ1v) is 13.9. The molecule has 0 aromatic heterocycles.